The molecule has 0 atom stereocenters. The summed E-state index contributed by atoms with van der Waals surface area (Å²) in [6.45, 7) is 6.40. The van der Waals surface area contributed by atoms with Crippen molar-refractivity contribution in [1.29, 1.82) is 0 Å². The minimum atomic E-state index is -3.66. The van der Waals surface area contributed by atoms with Crippen LogP contribution in [0.15, 0.2) is 77.7 Å². The van der Waals surface area contributed by atoms with Gasteiger partial charge in [0.05, 0.1) is 4.90 Å². The molecule has 0 fully saturated rings. The maximum absolute atomic E-state index is 12.7. The van der Waals surface area contributed by atoms with Gasteiger partial charge in [-0.15, -0.1) is 0 Å². The van der Waals surface area contributed by atoms with Crippen LogP contribution in [-0.2, 0) is 15.4 Å². The minimum Gasteiger partial charge on any atom is -0.457 e. The number of sulfonamides is 1. The van der Waals surface area contributed by atoms with Gasteiger partial charge in [-0.2, -0.15) is 0 Å². The molecule has 0 unspecified atom stereocenters. The smallest absolute Gasteiger partial charge is 0.261 e. The van der Waals surface area contributed by atoms with Gasteiger partial charge in [-0.25, -0.2) is 8.42 Å². The van der Waals surface area contributed by atoms with Crippen LogP contribution in [0.3, 0.4) is 0 Å². The molecule has 3 aromatic rings. The summed E-state index contributed by atoms with van der Waals surface area (Å²) >= 11 is 5.86. The first kappa shape index (κ1) is 21.2. The van der Waals surface area contributed by atoms with Crippen molar-refractivity contribution < 1.29 is 13.2 Å². The van der Waals surface area contributed by atoms with Crippen molar-refractivity contribution in [1.82, 2.24) is 0 Å². The molecular formula is C23H24ClNO3S. The lowest BCUT2D eigenvalue weighted by molar-refractivity contribution is 0.483. The molecule has 0 bridgehead atoms. The van der Waals surface area contributed by atoms with E-state index in [-0.39, 0.29) is 10.3 Å². The SMILES string of the molecule is CCC(C)(C)c1ccc(S(=O)(=O)Nc2ccc(Oc3ccc(Cl)cc3)cc2)cc1. The Kier molecular flexibility index (Phi) is 6.20. The molecule has 1 N–H and O–H groups in total. The molecule has 29 heavy (non-hydrogen) atoms. The first-order valence-corrected chi connectivity index (χ1v) is 11.2. The largest absolute Gasteiger partial charge is 0.457 e. The first-order chi connectivity index (χ1) is 13.7. The summed E-state index contributed by atoms with van der Waals surface area (Å²) in [5.41, 5.74) is 1.59. The van der Waals surface area contributed by atoms with Crippen molar-refractivity contribution in [3.63, 3.8) is 0 Å². The fraction of sp³-hybridized carbons (Fsp3) is 0.217. The zero-order valence-electron chi connectivity index (χ0n) is 16.6. The van der Waals surface area contributed by atoms with Gasteiger partial charge < -0.3 is 4.74 Å². The molecule has 0 saturated heterocycles. The number of benzene rings is 3. The summed E-state index contributed by atoms with van der Waals surface area (Å²) in [5.74, 6) is 1.25. The van der Waals surface area contributed by atoms with Crippen LogP contribution in [0, 0.1) is 0 Å². The Hall–Kier alpha value is -2.50. The number of hydrogen-bond acceptors (Lipinski definition) is 3. The highest BCUT2D eigenvalue weighted by atomic mass is 35.5. The zero-order chi connectivity index (χ0) is 21.1. The Bertz CT molecular complexity index is 1060. The number of nitrogens with one attached hydrogen (secondary N) is 1. The maximum Gasteiger partial charge on any atom is 0.261 e. The van der Waals surface area contributed by atoms with Crippen LogP contribution in [0.2, 0.25) is 5.02 Å². The molecule has 3 aromatic carbocycles. The van der Waals surface area contributed by atoms with Gasteiger partial charge in [0.15, 0.2) is 0 Å². The Labute approximate surface area is 177 Å². The predicted octanol–water partition coefficient (Wildman–Crippen LogP) is 6.62. The lowest BCUT2D eigenvalue weighted by atomic mass is 9.82. The molecule has 0 heterocycles. The summed E-state index contributed by atoms with van der Waals surface area (Å²) in [7, 11) is -3.66. The second-order valence-electron chi connectivity index (χ2n) is 7.45. The van der Waals surface area contributed by atoms with Crippen molar-refractivity contribution in [2.45, 2.75) is 37.5 Å². The predicted molar refractivity (Wildman–Crippen MR) is 119 cm³/mol. The highest BCUT2D eigenvalue weighted by molar-refractivity contribution is 7.92. The minimum absolute atomic E-state index is 0.00956. The van der Waals surface area contributed by atoms with Crippen LogP contribution < -0.4 is 9.46 Å². The standard InChI is InChI=1S/C23H24ClNO3S/c1-4-23(2,3)17-5-15-22(16-6-17)29(26,27)25-19-9-13-21(14-10-19)28-20-11-7-18(24)8-12-20/h5-16,25H,4H2,1-3H3. The molecule has 0 aliphatic rings. The fourth-order valence-electron chi connectivity index (χ4n) is 2.73. The van der Waals surface area contributed by atoms with Crippen molar-refractivity contribution in [3.8, 4) is 11.5 Å². The molecule has 6 heteroatoms. The third-order valence-corrected chi connectivity index (χ3v) is 6.64. The molecule has 152 valence electrons. The molecule has 0 saturated carbocycles. The van der Waals surface area contributed by atoms with Crippen LogP contribution >= 0.6 is 11.6 Å². The molecule has 0 aromatic heterocycles. The van der Waals surface area contributed by atoms with E-state index < -0.39 is 10.0 Å². The number of hydrogen-bond donors (Lipinski definition) is 1. The molecule has 0 amide bonds. The molecule has 4 nitrogen and oxygen atoms in total. The van der Waals surface area contributed by atoms with E-state index in [2.05, 4.69) is 25.5 Å². The van der Waals surface area contributed by atoms with Crippen LogP contribution in [0.4, 0.5) is 5.69 Å². The molecule has 0 spiro atoms. The van der Waals surface area contributed by atoms with Gasteiger partial charge in [-0.1, -0.05) is 44.5 Å². The van der Waals surface area contributed by atoms with Crippen LogP contribution in [0.25, 0.3) is 0 Å². The van der Waals surface area contributed by atoms with Crippen molar-refractivity contribution in [3.05, 3.63) is 83.4 Å². The van der Waals surface area contributed by atoms with Crippen molar-refractivity contribution in [2.75, 3.05) is 4.72 Å². The van der Waals surface area contributed by atoms with Gasteiger partial charge in [-0.05, 0) is 78.1 Å². The Morgan fingerprint density at radius 3 is 1.90 bits per heavy atom. The van der Waals surface area contributed by atoms with Gasteiger partial charge in [0.2, 0.25) is 0 Å². The normalized spacial score (nSPS) is 11.9. The van der Waals surface area contributed by atoms with E-state index in [1.54, 1.807) is 60.7 Å². The number of anilines is 1. The summed E-state index contributed by atoms with van der Waals surface area (Å²) < 4.78 is 33.7. The van der Waals surface area contributed by atoms with Crippen molar-refractivity contribution >= 4 is 27.3 Å². The fourth-order valence-corrected chi connectivity index (χ4v) is 3.92. The zero-order valence-corrected chi connectivity index (χ0v) is 18.2. The van der Waals surface area contributed by atoms with Crippen LogP contribution in [0.1, 0.15) is 32.8 Å². The van der Waals surface area contributed by atoms with E-state index in [9.17, 15) is 8.42 Å². The third-order valence-electron chi connectivity index (χ3n) is 4.99. The second kappa shape index (κ2) is 8.47. The first-order valence-electron chi connectivity index (χ1n) is 9.36. The number of ether oxygens (including phenoxy) is 1. The van der Waals surface area contributed by atoms with E-state index in [1.807, 2.05) is 12.1 Å². The Morgan fingerprint density at radius 1 is 0.862 bits per heavy atom. The molecule has 0 radical (unpaired) electrons. The average molecular weight is 430 g/mol. The van der Waals surface area contributed by atoms with E-state index in [1.165, 1.54) is 0 Å². The molecular weight excluding hydrogens is 406 g/mol. The average Bonchev–Trinajstić information content (AvgIpc) is 2.71. The van der Waals surface area contributed by atoms with Gasteiger partial charge in [0.1, 0.15) is 11.5 Å². The van der Waals surface area contributed by atoms with Crippen molar-refractivity contribution in [2.24, 2.45) is 0 Å². The van der Waals surface area contributed by atoms with Crippen LogP contribution in [0.5, 0.6) is 11.5 Å². The maximum atomic E-state index is 12.7. The van der Waals surface area contributed by atoms with Gasteiger partial charge in [0, 0.05) is 10.7 Å². The lowest BCUT2D eigenvalue weighted by Crippen LogP contribution is -2.16. The summed E-state index contributed by atoms with van der Waals surface area (Å²) in [5, 5.41) is 0.633. The summed E-state index contributed by atoms with van der Waals surface area (Å²) in [6, 6.07) is 20.8. The number of halogens is 1. The second-order valence-corrected chi connectivity index (χ2v) is 9.57. The summed E-state index contributed by atoms with van der Waals surface area (Å²) in [6.07, 6.45) is 0.974. The topological polar surface area (TPSA) is 55.4 Å². The molecule has 3 rings (SSSR count). The molecule has 0 aliphatic heterocycles. The van der Waals surface area contributed by atoms with E-state index in [0.29, 0.717) is 22.2 Å². The van der Waals surface area contributed by atoms with Gasteiger partial charge in [-0.3, -0.25) is 4.72 Å². The van der Waals surface area contributed by atoms with E-state index >= 15 is 0 Å². The van der Waals surface area contributed by atoms with Gasteiger partial charge >= 0.3 is 0 Å². The Morgan fingerprint density at radius 2 is 1.38 bits per heavy atom. The van der Waals surface area contributed by atoms with Gasteiger partial charge in [0.25, 0.3) is 10.0 Å². The molecule has 0 aliphatic carbocycles. The van der Waals surface area contributed by atoms with E-state index in [4.69, 9.17) is 16.3 Å². The third kappa shape index (κ3) is 5.31. The highest BCUT2D eigenvalue weighted by Gasteiger charge is 2.20. The van der Waals surface area contributed by atoms with E-state index in [0.717, 1.165) is 12.0 Å². The Balaban J connectivity index is 1.70. The summed E-state index contributed by atoms with van der Waals surface area (Å²) in [4.78, 5) is 0.231. The highest BCUT2D eigenvalue weighted by Crippen LogP contribution is 2.28. The monoisotopic (exact) mass is 429 g/mol. The number of rotatable bonds is 7. The lowest BCUT2D eigenvalue weighted by Gasteiger charge is -2.23. The van der Waals surface area contributed by atoms with Crippen LogP contribution in [-0.4, -0.2) is 8.42 Å². The quantitative estimate of drug-likeness (QED) is 0.459.